The highest BCUT2D eigenvalue weighted by Gasteiger charge is 2.13. The molecule has 0 unspecified atom stereocenters. The second kappa shape index (κ2) is 5.94. The topological polar surface area (TPSA) is 33.1 Å². The van der Waals surface area contributed by atoms with Crippen molar-refractivity contribution in [1.29, 1.82) is 0 Å². The fraction of sp³-hybridized carbons (Fsp3) is 0.312. The number of aromatic nitrogens is 1. The van der Waals surface area contributed by atoms with Crippen LogP contribution < -0.4 is 0 Å². The Hall–Kier alpha value is -1.39. The van der Waals surface area contributed by atoms with E-state index in [4.69, 9.17) is 0 Å². The molecule has 1 heterocycles. The van der Waals surface area contributed by atoms with E-state index in [0.717, 1.165) is 21.2 Å². The van der Waals surface area contributed by atoms with E-state index in [0.29, 0.717) is 11.1 Å². The predicted molar refractivity (Wildman–Crippen MR) is 79.6 cm³/mol. The van der Waals surface area contributed by atoms with Crippen LogP contribution in [-0.2, 0) is 0 Å². The number of halogens is 1. The zero-order valence-electron chi connectivity index (χ0n) is 12.1. The van der Waals surface area contributed by atoms with Gasteiger partial charge in [0.25, 0.3) is 0 Å². The van der Waals surface area contributed by atoms with Crippen LogP contribution in [0, 0.1) is 26.6 Å². The molecule has 1 aromatic carbocycles. The second-order valence-corrected chi connectivity index (χ2v) is 6.10. The number of benzene rings is 1. The molecule has 1 N–H and O–H groups in total. The highest BCUT2D eigenvalue weighted by Crippen LogP contribution is 2.34. The zero-order chi connectivity index (χ0) is 14.9. The van der Waals surface area contributed by atoms with Crippen molar-refractivity contribution in [3.63, 3.8) is 0 Å². The summed E-state index contributed by atoms with van der Waals surface area (Å²) in [6.45, 7) is 7.33. The Bertz CT molecular complexity index is 620. The van der Waals surface area contributed by atoms with Gasteiger partial charge in [-0.1, -0.05) is 11.8 Å². The Kier molecular flexibility index (Phi) is 4.45. The Labute approximate surface area is 123 Å². The van der Waals surface area contributed by atoms with Crippen LogP contribution in [0.25, 0.3) is 0 Å². The zero-order valence-corrected chi connectivity index (χ0v) is 12.9. The third-order valence-corrected chi connectivity index (χ3v) is 4.02. The molecule has 4 heteroatoms. The fourth-order valence-corrected chi connectivity index (χ4v) is 3.30. The molecule has 0 aliphatic heterocycles. The van der Waals surface area contributed by atoms with Crippen LogP contribution in [0.4, 0.5) is 4.39 Å². The molecule has 0 bridgehead atoms. The number of aliphatic hydroxyl groups excluding tert-OH is 1. The number of nitrogens with zero attached hydrogens (tertiary/aromatic N) is 1. The van der Waals surface area contributed by atoms with Gasteiger partial charge in [-0.25, -0.2) is 9.37 Å². The monoisotopic (exact) mass is 291 g/mol. The average molecular weight is 291 g/mol. The van der Waals surface area contributed by atoms with E-state index >= 15 is 0 Å². The molecule has 106 valence electrons. The normalized spacial score (nSPS) is 12.5. The fourth-order valence-electron chi connectivity index (χ4n) is 2.05. The van der Waals surface area contributed by atoms with Gasteiger partial charge in [0, 0.05) is 10.6 Å². The van der Waals surface area contributed by atoms with Crippen molar-refractivity contribution in [2.24, 2.45) is 0 Å². The van der Waals surface area contributed by atoms with Gasteiger partial charge in [0.15, 0.2) is 0 Å². The maximum atomic E-state index is 13.7. The number of pyridine rings is 1. The first kappa shape index (κ1) is 15.0. The lowest BCUT2D eigenvalue weighted by Crippen LogP contribution is -1.98. The van der Waals surface area contributed by atoms with E-state index in [1.807, 2.05) is 26.0 Å². The van der Waals surface area contributed by atoms with Crippen molar-refractivity contribution in [2.45, 2.75) is 43.7 Å². The van der Waals surface area contributed by atoms with Gasteiger partial charge in [-0.15, -0.1) is 0 Å². The molecular weight excluding hydrogens is 273 g/mol. The van der Waals surface area contributed by atoms with Crippen LogP contribution in [0.2, 0.25) is 0 Å². The summed E-state index contributed by atoms with van der Waals surface area (Å²) >= 11 is 1.46. The maximum Gasteiger partial charge on any atom is 0.126 e. The van der Waals surface area contributed by atoms with Gasteiger partial charge in [0.2, 0.25) is 0 Å². The molecule has 1 atom stereocenters. The number of hydrogen-bond acceptors (Lipinski definition) is 3. The Morgan fingerprint density at radius 3 is 2.45 bits per heavy atom. The van der Waals surface area contributed by atoms with E-state index in [2.05, 4.69) is 4.98 Å². The van der Waals surface area contributed by atoms with Gasteiger partial charge in [-0.05, 0) is 68.7 Å². The predicted octanol–water partition coefficient (Wildman–Crippen LogP) is 4.35. The molecular formula is C16H18FNOS. The minimum atomic E-state index is -0.710. The van der Waals surface area contributed by atoms with E-state index in [1.165, 1.54) is 17.8 Å². The Balaban J connectivity index is 2.44. The summed E-state index contributed by atoms with van der Waals surface area (Å²) in [7, 11) is 0. The highest BCUT2D eigenvalue weighted by molar-refractivity contribution is 7.99. The number of hydrogen-bond donors (Lipinski definition) is 1. The quantitative estimate of drug-likeness (QED) is 0.912. The van der Waals surface area contributed by atoms with Crippen LogP contribution in [0.5, 0.6) is 0 Å². The summed E-state index contributed by atoms with van der Waals surface area (Å²) in [6, 6.07) is 7.17. The van der Waals surface area contributed by atoms with Crippen molar-refractivity contribution in [3.05, 3.63) is 52.5 Å². The van der Waals surface area contributed by atoms with Crippen LogP contribution in [0.1, 0.15) is 35.4 Å². The smallest absolute Gasteiger partial charge is 0.126 e. The summed E-state index contributed by atoms with van der Waals surface area (Å²) < 4.78 is 13.7. The van der Waals surface area contributed by atoms with Gasteiger partial charge < -0.3 is 5.11 Å². The van der Waals surface area contributed by atoms with E-state index in [1.54, 1.807) is 19.9 Å². The molecule has 2 nitrogen and oxygen atoms in total. The SMILES string of the molecule is Cc1cc(C)nc(Sc2cc(C)c(F)cc2[C@@H](C)O)c1. The van der Waals surface area contributed by atoms with Crippen LogP contribution in [0.15, 0.2) is 34.2 Å². The molecule has 0 saturated carbocycles. The summed E-state index contributed by atoms with van der Waals surface area (Å²) in [6.07, 6.45) is -0.710. The number of aryl methyl sites for hydroxylation is 3. The molecule has 0 aliphatic carbocycles. The second-order valence-electron chi connectivity index (χ2n) is 5.04. The first-order chi connectivity index (χ1) is 9.36. The number of aliphatic hydroxyl groups is 1. The van der Waals surface area contributed by atoms with E-state index < -0.39 is 6.10 Å². The van der Waals surface area contributed by atoms with Gasteiger partial charge in [-0.3, -0.25) is 0 Å². The van der Waals surface area contributed by atoms with E-state index in [9.17, 15) is 9.50 Å². The summed E-state index contributed by atoms with van der Waals surface area (Å²) in [5.41, 5.74) is 3.25. The van der Waals surface area contributed by atoms with Crippen LogP contribution in [0.3, 0.4) is 0 Å². The van der Waals surface area contributed by atoms with Gasteiger partial charge in [0.1, 0.15) is 10.8 Å². The highest BCUT2D eigenvalue weighted by atomic mass is 32.2. The molecule has 20 heavy (non-hydrogen) atoms. The lowest BCUT2D eigenvalue weighted by molar-refractivity contribution is 0.196. The average Bonchev–Trinajstić information content (AvgIpc) is 2.31. The van der Waals surface area contributed by atoms with Crippen molar-refractivity contribution in [2.75, 3.05) is 0 Å². The maximum absolute atomic E-state index is 13.7. The molecule has 2 rings (SSSR count). The lowest BCUT2D eigenvalue weighted by Gasteiger charge is -2.13. The molecule has 2 aromatic rings. The van der Waals surface area contributed by atoms with Gasteiger partial charge >= 0.3 is 0 Å². The van der Waals surface area contributed by atoms with Crippen LogP contribution >= 0.6 is 11.8 Å². The lowest BCUT2D eigenvalue weighted by atomic mass is 10.1. The molecule has 0 spiro atoms. The summed E-state index contributed by atoms with van der Waals surface area (Å²) in [4.78, 5) is 5.31. The molecule has 0 fully saturated rings. The minimum Gasteiger partial charge on any atom is -0.389 e. The third kappa shape index (κ3) is 3.38. The summed E-state index contributed by atoms with van der Waals surface area (Å²) in [5.74, 6) is -0.293. The van der Waals surface area contributed by atoms with Crippen molar-refractivity contribution >= 4 is 11.8 Å². The first-order valence-electron chi connectivity index (χ1n) is 6.48. The van der Waals surface area contributed by atoms with Crippen molar-refractivity contribution in [3.8, 4) is 0 Å². The molecule has 1 aromatic heterocycles. The Morgan fingerprint density at radius 1 is 1.15 bits per heavy atom. The molecule has 0 aliphatic rings. The van der Waals surface area contributed by atoms with Gasteiger partial charge in [0.05, 0.1) is 6.10 Å². The Morgan fingerprint density at radius 2 is 1.85 bits per heavy atom. The molecule has 0 saturated heterocycles. The van der Waals surface area contributed by atoms with Crippen molar-refractivity contribution < 1.29 is 9.50 Å². The largest absolute Gasteiger partial charge is 0.389 e. The van der Waals surface area contributed by atoms with Gasteiger partial charge in [-0.2, -0.15) is 0 Å². The molecule has 0 radical (unpaired) electrons. The third-order valence-electron chi connectivity index (χ3n) is 3.03. The van der Waals surface area contributed by atoms with E-state index in [-0.39, 0.29) is 5.82 Å². The van der Waals surface area contributed by atoms with Crippen molar-refractivity contribution in [1.82, 2.24) is 4.98 Å². The van der Waals surface area contributed by atoms with Crippen LogP contribution in [-0.4, -0.2) is 10.1 Å². The molecule has 0 amide bonds. The standard InChI is InChI=1S/C16H18FNOS/c1-9-5-11(3)18-16(6-9)20-15-7-10(2)14(17)8-13(15)12(4)19/h5-8,12,19H,1-4H3/t12-/m1/s1. The number of rotatable bonds is 3. The first-order valence-corrected chi connectivity index (χ1v) is 7.29. The summed E-state index contributed by atoms with van der Waals surface area (Å²) in [5, 5.41) is 10.7. The minimum absolute atomic E-state index is 0.293.